The van der Waals surface area contributed by atoms with Crippen LogP contribution in [-0.2, 0) is 6.54 Å². The Hall–Kier alpha value is -1.69. The Morgan fingerprint density at radius 1 is 1.53 bits per heavy atom. The molecule has 5 nitrogen and oxygen atoms in total. The number of imidazole rings is 1. The smallest absolute Gasteiger partial charge is 0.272 e. The van der Waals surface area contributed by atoms with E-state index >= 15 is 0 Å². The number of carbonyl (C=O) groups excluding carboxylic acids is 1. The first-order chi connectivity index (χ1) is 9.08. The van der Waals surface area contributed by atoms with E-state index in [0.717, 1.165) is 10.2 Å². The molecular formula is C13H15BrN4O. The van der Waals surface area contributed by atoms with Crippen molar-refractivity contribution < 1.29 is 4.79 Å². The lowest BCUT2D eigenvalue weighted by atomic mass is 10.2. The molecule has 0 aliphatic carbocycles. The molecule has 0 fully saturated rings. The van der Waals surface area contributed by atoms with Crippen LogP contribution in [0.1, 0.15) is 29.9 Å². The quantitative estimate of drug-likeness (QED) is 0.880. The van der Waals surface area contributed by atoms with Crippen LogP contribution in [-0.4, -0.2) is 31.8 Å². The van der Waals surface area contributed by atoms with E-state index in [9.17, 15) is 4.79 Å². The molecule has 0 aliphatic rings. The standard InChI is InChI=1S/C13H15BrN4O/c1-9(2)18(13(19)11-6-15-8-17-11)7-10-3-4-16-12(14)5-10/h3-6,8-9H,7H2,1-2H3,(H,15,17). The number of amides is 1. The second-order valence-corrected chi connectivity index (χ2v) is 5.29. The fourth-order valence-electron chi connectivity index (χ4n) is 1.75. The van der Waals surface area contributed by atoms with E-state index in [1.54, 1.807) is 17.3 Å². The number of halogens is 1. The third-order valence-electron chi connectivity index (χ3n) is 2.76. The molecule has 1 N–H and O–H groups in total. The van der Waals surface area contributed by atoms with E-state index in [0.29, 0.717) is 12.2 Å². The van der Waals surface area contributed by atoms with Gasteiger partial charge in [-0.1, -0.05) is 0 Å². The van der Waals surface area contributed by atoms with Crippen molar-refractivity contribution in [2.75, 3.05) is 0 Å². The Labute approximate surface area is 120 Å². The third-order valence-corrected chi connectivity index (χ3v) is 3.19. The number of aromatic amines is 1. The van der Waals surface area contributed by atoms with Gasteiger partial charge in [-0.2, -0.15) is 0 Å². The number of hydrogen-bond acceptors (Lipinski definition) is 3. The molecule has 0 saturated carbocycles. The molecule has 6 heteroatoms. The van der Waals surface area contributed by atoms with E-state index in [-0.39, 0.29) is 11.9 Å². The minimum absolute atomic E-state index is 0.0552. The number of nitrogens with one attached hydrogen (secondary N) is 1. The highest BCUT2D eigenvalue weighted by Crippen LogP contribution is 2.14. The fourth-order valence-corrected chi connectivity index (χ4v) is 2.17. The molecule has 0 saturated heterocycles. The molecule has 2 aromatic heterocycles. The highest BCUT2D eigenvalue weighted by atomic mass is 79.9. The lowest BCUT2D eigenvalue weighted by Gasteiger charge is -2.26. The highest BCUT2D eigenvalue weighted by molar-refractivity contribution is 9.10. The van der Waals surface area contributed by atoms with Crippen LogP contribution >= 0.6 is 15.9 Å². The van der Waals surface area contributed by atoms with Crippen molar-refractivity contribution >= 4 is 21.8 Å². The maximum Gasteiger partial charge on any atom is 0.272 e. The summed E-state index contributed by atoms with van der Waals surface area (Å²) in [4.78, 5) is 25.0. The van der Waals surface area contributed by atoms with Gasteiger partial charge in [-0.25, -0.2) is 9.97 Å². The van der Waals surface area contributed by atoms with Gasteiger partial charge < -0.3 is 9.88 Å². The second kappa shape index (κ2) is 5.97. The molecule has 0 radical (unpaired) electrons. The number of aromatic nitrogens is 3. The van der Waals surface area contributed by atoms with Crippen molar-refractivity contribution in [3.05, 3.63) is 46.7 Å². The van der Waals surface area contributed by atoms with Crippen molar-refractivity contribution in [1.29, 1.82) is 0 Å². The second-order valence-electron chi connectivity index (χ2n) is 4.48. The summed E-state index contributed by atoms with van der Waals surface area (Å²) in [6, 6.07) is 3.92. The predicted molar refractivity (Wildman–Crippen MR) is 75.5 cm³/mol. The Morgan fingerprint density at radius 3 is 2.89 bits per heavy atom. The summed E-state index contributed by atoms with van der Waals surface area (Å²) in [5.74, 6) is -0.0552. The number of nitrogens with zero attached hydrogens (tertiary/aromatic N) is 3. The van der Waals surface area contributed by atoms with Gasteiger partial charge in [0.15, 0.2) is 0 Å². The fraction of sp³-hybridized carbons (Fsp3) is 0.308. The zero-order valence-electron chi connectivity index (χ0n) is 10.8. The number of pyridine rings is 1. The van der Waals surface area contributed by atoms with E-state index < -0.39 is 0 Å². The molecule has 100 valence electrons. The van der Waals surface area contributed by atoms with Crippen LogP contribution in [0.3, 0.4) is 0 Å². The monoisotopic (exact) mass is 322 g/mol. The van der Waals surface area contributed by atoms with Crippen molar-refractivity contribution in [1.82, 2.24) is 19.9 Å². The molecule has 2 aromatic rings. The van der Waals surface area contributed by atoms with Gasteiger partial charge in [-0.3, -0.25) is 4.79 Å². The zero-order chi connectivity index (χ0) is 13.8. The van der Waals surface area contributed by atoms with Crippen LogP contribution in [0, 0.1) is 0 Å². The molecule has 0 unspecified atom stereocenters. The topological polar surface area (TPSA) is 61.9 Å². The van der Waals surface area contributed by atoms with Crippen molar-refractivity contribution in [2.45, 2.75) is 26.4 Å². The third kappa shape index (κ3) is 3.41. The normalized spacial score (nSPS) is 10.7. The highest BCUT2D eigenvalue weighted by Gasteiger charge is 2.20. The Morgan fingerprint density at radius 2 is 2.32 bits per heavy atom. The molecular weight excluding hydrogens is 308 g/mol. The first-order valence-electron chi connectivity index (χ1n) is 5.97. The maximum atomic E-state index is 12.4. The predicted octanol–water partition coefficient (Wildman–Crippen LogP) is 2.62. The van der Waals surface area contributed by atoms with Gasteiger partial charge in [0, 0.05) is 18.8 Å². The van der Waals surface area contributed by atoms with E-state index in [4.69, 9.17) is 0 Å². The minimum atomic E-state index is -0.0552. The van der Waals surface area contributed by atoms with Crippen LogP contribution < -0.4 is 0 Å². The van der Waals surface area contributed by atoms with Gasteiger partial charge >= 0.3 is 0 Å². The van der Waals surface area contributed by atoms with Gasteiger partial charge in [0.2, 0.25) is 0 Å². The summed E-state index contributed by atoms with van der Waals surface area (Å²) in [6.45, 7) is 4.52. The number of carbonyl (C=O) groups is 1. The van der Waals surface area contributed by atoms with Crippen molar-refractivity contribution in [2.24, 2.45) is 0 Å². The average Bonchev–Trinajstić information content (AvgIpc) is 2.88. The van der Waals surface area contributed by atoms with Crippen LogP contribution in [0.25, 0.3) is 0 Å². The molecule has 0 aromatic carbocycles. The summed E-state index contributed by atoms with van der Waals surface area (Å²) in [7, 11) is 0. The number of H-pyrrole nitrogens is 1. The molecule has 19 heavy (non-hydrogen) atoms. The van der Waals surface area contributed by atoms with Crippen LogP contribution in [0.4, 0.5) is 0 Å². The summed E-state index contributed by atoms with van der Waals surface area (Å²) in [6.07, 6.45) is 4.77. The minimum Gasteiger partial charge on any atom is -0.341 e. The van der Waals surface area contributed by atoms with E-state index in [1.165, 1.54) is 6.33 Å². The lowest BCUT2D eigenvalue weighted by Crippen LogP contribution is -2.36. The van der Waals surface area contributed by atoms with Gasteiger partial charge in [-0.05, 0) is 47.5 Å². The van der Waals surface area contributed by atoms with Gasteiger partial charge in [0.25, 0.3) is 5.91 Å². The lowest BCUT2D eigenvalue weighted by molar-refractivity contribution is 0.0685. The summed E-state index contributed by atoms with van der Waals surface area (Å²) < 4.78 is 0.766. The molecule has 2 rings (SSSR count). The summed E-state index contributed by atoms with van der Waals surface area (Å²) >= 11 is 3.33. The molecule has 0 spiro atoms. The molecule has 1 amide bonds. The first kappa shape index (κ1) is 13.7. The summed E-state index contributed by atoms with van der Waals surface area (Å²) in [5.41, 5.74) is 1.53. The van der Waals surface area contributed by atoms with Crippen LogP contribution in [0.15, 0.2) is 35.5 Å². The van der Waals surface area contributed by atoms with E-state index in [1.807, 2.05) is 26.0 Å². The van der Waals surface area contributed by atoms with E-state index in [2.05, 4.69) is 30.9 Å². The van der Waals surface area contributed by atoms with Gasteiger partial charge in [0.05, 0.1) is 12.5 Å². The number of hydrogen-bond donors (Lipinski definition) is 1. The number of rotatable bonds is 4. The average molecular weight is 323 g/mol. The van der Waals surface area contributed by atoms with Crippen molar-refractivity contribution in [3.8, 4) is 0 Å². The maximum absolute atomic E-state index is 12.4. The molecule has 0 bridgehead atoms. The zero-order valence-corrected chi connectivity index (χ0v) is 12.4. The van der Waals surface area contributed by atoms with Crippen molar-refractivity contribution in [3.63, 3.8) is 0 Å². The Kier molecular flexibility index (Phi) is 4.31. The first-order valence-corrected chi connectivity index (χ1v) is 6.77. The Bertz CT molecular complexity index is 554. The van der Waals surface area contributed by atoms with Gasteiger partial charge in [-0.15, -0.1) is 0 Å². The van der Waals surface area contributed by atoms with Crippen LogP contribution in [0.2, 0.25) is 0 Å². The Balaban J connectivity index is 2.19. The largest absolute Gasteiger partial charge is 0.341 e. The van der Waals surface area contributed by atoms with Crippen LogP contribution in [0.5, 0.6) is 0 Å². The molecule has 0 aliphatic heterocycles. The van der Waals surface area contributed by atoms with Gasteiger partial charge in [0.1, 0.15) is 10.3 Å². The molecule has 0 atom stereocenters. The SMILES string of the molecule is CC(C)N(Cc1ccnc(Br)c1)C(=O)c1cnc[nH]1. The molecule has 2 heterocycles. The summed E-state index contributed by atoms with van der Waals surface area (Å²) in [5, 5.41) is 0.